The van der Waals surface area contributed by atoms with Crippen LogP contribution in [0.25, 0.3) is 16.7 Å². The number of hydrogen-bond donors (Lipinski definition) is 1. The van der Waals surface area contributed by atoms with Crippen LogP contribution in [-0.4, -0.2) is 45.1 Å². The van der Waals surface area contributed by atoms with E-state index in [2.05, 4.69) is 10.3 Å². The number of nitrogens with zero attached hydrogens (tertiary/aromatic N) is 4. The number of thioether (sulfide) groups is 1. The van der Waals surface area contributed by atoms with Crippen molar-refractivity contribution < 1.29 is 22.7 Å². The molecule has 1 aromatic carbocycles. The van der Waals surface area contributed by atoms with Crippen molar-refractivity contribution in [2.75, 3.05) is 18.9 Å². The van der Waals surface area contributed by atoms with Crippen molar-refractivity contribution in [2.24, 2.45) is 0 Å². The molecule has 0 aliphatic heterocycles. The summed E-state index contributed by atoms with van der Waals surface area (Å²) in [6.45, 7) is 0.650. The van der Waals surface area contributed by atoms with Crippen LogP contribution in [0.15, 0.2) is 46.5 Å². The van der Waals surface area contributed by atoms with Crippen molar-refractivity contribution in [3.63, 3.8) is 0 Å². The molecule has 0 atom stereocenters. The normalized spacial score (nSPS) is 11.4. The summed E-state index contributed by atoms with van der Waals surface area (Å²) in [4.78, 5) is 30.0. The Balaban J connectivity index is 1.94. The minimum absolute atomic E-state index is 0.0245. The van der Waals surface area contributed by atoms with E-state index in [-0.39, 0.29) is 42.1 Å². The lowest BCUT2D eigenvalue weighted by Crippen LogP contribution is -2.28. The quantitative estimate of drug-likeness (QED) is 0.287. The standard InChI is InChI=1S/C21H20F3N5O3S/c1-2-33-20-27-18-16(8-11-28(18)12-17(30)26-10-3-9-25)19(31)29(20)14-4-6-15(7-5-14)32-13-21(22,23)24/h4-8,11H,2-3,10,12-13H2,1H3,(H,26,30). The lowest BCUT2D eigenvalue weighted by molar-refractivity contribution is -0.153. The maximum absolute atomic E-state index is 13.3. The first kappa shape index (κ1) is 24.2. The molecular weight excluding hydrogens is 459 g/mol. The molecular formula is C21H20F3N5O3S. The Morgan fingerprint density at radius 2 is 2.00 bits per heavy atom. The van der Waals surface area contributed by atoms with E-state index in [0.29, 0.717) is 22.2 Å². The van der Waals surface area contributed by atoms with Crippen LogP contribution in [-0.2, 0) is 11.3 Å². The van der Waals surface area contributed by atoms with Crippen molar-refractivity contribution in [1.82, 2.24) is 19.4 Å². The third kappa shape index (κ3) is 6.07. The Morgan fingerprint density at radius 3 is 2.64 bits per heavy atom. The molecule has 0 spiro atoms. The number of fused-ring (bicyclic) bond motifs is 1. The van der Waals surface area contributed by atoms with Crippen LogP contribution in [0.2, 0.25) is 0 Å². The summed E-state index contributed by atoms with van der Waals surface area (Å²) in [6.07, 6.45) is -2.67. The fourth-order valence-electron chi connectivity index (χ4n) is 3.01. The van der Waals surface area contributed by atoms with E-state index < -0.39 is 12.8 Å². The molecule has 2 aromatic heterocycles. The maximum Gasteiger partial charge on any atom is 0.422 e. The summed E-state index contributed by atoms with van der Waals surface area (Å²) in [5.41, 5.74) is 0.392. The Bertz CT molecular complexity index is 1230. The first-order valence-electron chi connectivity index (χ1n) is 9.92. The highest BCUT2D eigenvalue weighted by molar-refractivity contribution is 7.99. The lowest BCUT2D eigenvalue weighted by atomic mass is 10.3. The van der Waals surface area contributed by atoms with Gasteiger partial charge < -0.3 is 14.6 Å². The smallest absolute Gasteiger partial charge is 0.422 e. The maximum atomic E-state index is 13.3. The highest BCUT2D eigenvalue weighted by atomic mass is 32.2. The second-order valence-electron chi connectivity index (χ2n) is 6.80. The first-order chi connectivity index (χ1) is 15.7. The van der Waals surface area contributed by atoms with Gasteiger partial charge in [-0.05, 0) is 36.1 Å². The summed E-state index contributed by atoms with van der Waals surface area (Å²) in [5.74, 6) is 0.323. The molecule has 12 heteroatoms. The molecule has 0 saturated carbocycles. The number of ether oxygens (including phenoxy) is 1. The number of halogens is 3. The summed E-state index contributed by atoms with van der Waals surface area (Å²) < 4.78 is 44.7. The third-order valence-corrected chi connectivity index (χ3v) is 5.22. The fourth-order valence-corrected chi connectivity index (χ4v) is 3.74. The van der Waals surface area contributed by atoms with Gasteiger partial charge in [-0.3, -0.25) is 14.2 Å². The SMILES string of the molecule is CCSc1nc2c(ccn2CC(=O)NCCC#N)c(=O)n1-c1ccc(OCC(F)(F)F)cc1. The molecule has 3 aromatic rings. The van der Waals surface area contributed by atoms with Crippen LogP contribution in [0.1, 0.15) is 13.3 Å². The number of hydrogen-bond acceptors (Lipinski definition) is 6. The molecule has 0 radical (unpaired) electrons. The van der Waals surface area contributed by atoms with Gasteiger partial charge in [0.05, 0.1) is 23.6 Å². The fraction of sp³-hybridized carbons (Fsp3) is 0.333. The van der Waals surface area contributed by atoms with Gasteiger partial charge in [0.15, 0.2) is 11.8 Å². The summed E-state index contributed by atoms with van der Waals surface area (Å²) in [5, 5.41) is 11.9. The van der Waals surface area contributed by atoms with E-state index in [1.54, 1.807) is 16.8 Å². The average Bonchev–Trinajstić information content (AvgIpc) is 3.16. The predicted molar refractivity (Wildman–Crippen MR) is 117 cm³/mol. The van der Waals surface area contributed by atoms with Gasteiger partial charge in [0, 0.05) is 12.7 Å². The summed E-state index contributed by atoms with van der Waals surface area (Å²) in [6, 6.07) is 9.19. The van der Waals surface area contributed by atoms with E-state index in [1.807, 2.05) is 13.0 Å². The van der Waals surface area contributed by atoms with E-state index in [9.17, 15) is 22.8 Å². The zero-order valence-corrected chi connectivity index (χ0v) is 18.4. The number of nitrogens with one attached hydrogen (secondary N) is 1. The van der Waals surface area contributed by atoms with Crippen LogP contribution in [0.4, 0.5) is 13.2 Å². The van der Waals surface area contributed by atoms with Gasteiger partial charge in [-0.25, -0.2) is 4.98 Å². The number of rotatable bonds is 9. The van der Waals surface area contributed by atoms with Crippen LogP contribution >= 0.6 is 11.8 Å². The van der Waals surface area contributed by atoms with Gasteiger partial charge in [0.1, 0.15) is 17.9 Å². The van der Waals surface area contributed by atoms with Gasteiger partial charge in [0.2, 0.25) is 5.91 Å². The van der Waals surface area contributed by atoms with Gasteiger partial charge in [-0.1, -0.05) is 18.7 Å². The number of benzene rings is 1. The number of aromatic nitrogens is 3. The molecule has 3 rings (SSSR count). The zero-order valence-electron chi connectivity index (χ0n) is 17.6. The second kappa shape index (κ2) is 10.4. The van der Waals surface area contributed by atoms with E-state index in [4.69, 9.17) is 10.00 Å². The zero-order chi connectivity index (χ0) is 24.0. The Hall–Kier alpha value is -3.46. The highest BCUT2D eigenvalue weighted by Gasteiger charge is 2.28. The van der Waals surface area contributed by atoms with Crippen molar-refractivity contribution >= 4 is 28.7 Å². The molecule has 8 nitrogen and oxygen atoms in total. The van der Waals surface area contributed by atoms with Gasteiger partial charge >= 0.3 is 6.18 Å². The number of nitriles is 1. The highest BCUT2D eigenvalue weighted by Crippen LogP contribution is 2.24. The van der Waals surface area contributed by atoms with Crippen LogP contribution in [0, 0.1) is 11.3 Å². The molecule has 33 heavy (non-hydrogen) atoms. The molecule has 0 unspecified atom stereocenters. The van der Waals surface area contributed by atoms with Crippen LogP contribution in [0.3, 0.4) is 0 Å². The van der Waals surface area contributed by atoms with Crippen molar-refractivity contribution in [3.8, 4) is 17.5 Å². The number of carbonyl (C=O) groups excluding carboxylic acids is 1. The molecule has 2 heterocycles. The monoisotopic (exact) mass is 479 g/mol. The largest absolute Gasteiger partial charge is 0.484 e. The van der Waals surface area contributed by atoms with Gasteiger partial charge in [-0.2, -0.15) is 18.4 Å². The van der Waals surface area contributed by atoms with Gasteiger partial charge in [-0.15, -0.1) is 0 Å². The third-order valence-electron chi connectivity index (χ3n) is 4.40. The Kier molecular flexibility index (Phi) is 7.65. The Labute approximate surface area is 191 Å². The lowest BCUT2D eigenvalue weighted by Gasteiger charge is -2.14. The molecule has 0 bridgehead atoms. The molecule has 174 valence electrons. The molecule has 0 aliphatic carbocycles. The number of amides is 1. The minimum atomic E-state index is -4.45. The molecule has 1 amide bonds. The topological polar surface area (TPSA) is 102 Å². The van der Waals surface area contributed by atoms with Crippen LogP contribution in [0.5, 0.6) is 5.75 Å². The van der Waals surface area contributed by atoms with Gasteiger partial charge in [0.25, 0.3) is 5.56 Å². The molecule has 0 aliphatic rings. The second-order valence-corrected chi connectivity index (χ2v) is 8.04. The first-order valence-corrected chi connectivity index (χ1v) is 10.9. The average molecular weight is 479 g/mol. The molecule has 1 N–H and O–H groups in total. The predicted octanol–water partition coefficient (Wildman–Crippen LogP) is 3.27. The molecule has 0 fully saturated rings. The van der Waals surface area contributed by atoms with Crippen molar-refractivity contribution in [1.29, 1.82) is 5.26 Å². The van der Waals surface area contributed by atoms with Crippen molar-refractivity contribution in [2.45, 2.75) is 31.2 Å². The summed E-state index contributed by atoms with van der Waals surface area (Å²) in [7, 11) is 0. The van der Waals surface area contributed by atoms with Crippen LogP contribution < -0.4 is 15.6 Å². The van der Waals surface area contributed by atoms with E-state index in [1.165, 1.54) is 40.6 Å². The van der Waals surface area contributed by atoms with E-state index >= 15 is 0 Å². The number of alkyl halides is 3. The number of carbonyl (C=O) groups is 1. The van der Waals surface area contributed by atoms with E-state index in [0.717, 1.165) is 0 Å². The minimum Gasteiger partial charge on any atom is -0.484 e. The summed E-state index contributed by atoms with van der Waals surface area (Å²) >= 11 is 1.31. The van der Waals surface area contributed by atoms with Crippen molar-refractivity contribution in [3.05, 3.63) is 46.9 Å². The molecule has 0 saturated heterocycles. The Morgan fingerprint density at radius 1 is 1.27 bits per heavy atom.